The Balaban J connectivity index is 1.02. The number of anilines is 1. The highest BCUT2D eigenvalue weighted by Gasteiger charge is 2.42. The molecule has 0 bridgehead atoms. The Kier molecular flexibility index (Phi) is 16.5. The Morgan fingerprint density at radius 2 is 1.70 bits per heavy atom. The van der Waals surface area contributed by atoms with Gasteiger partial charge in [0.25, 0.3) is 0 Å². The van der Waals surface area contributed by atoms with Gasteiger partial charge in [0.05, 0.1) is 89.8 Å². The SMILES string of the molecule is [N-]=[N+]=NCc1ccc(NC(=O)CCOCCOCCOCCOCCNC(=O)CCCC[C@H]2SC[C@H]3NC(=O)N[C@H]32)cn1. The van der Waals surface area contributed by atoms with E-state index in [4.69, 9.17) is 24.5 Å². The first kappa shape index (κ1) is 34.4. The topological polar surface area (TPSA) is 198 Å². The number of rotatable bonds is 23. The first-order chi connectivity index (χ1) is 21.0. The van der Waals surface area contributed by atoms with Gasteiger partial charge in [-0.05, 0) is 30.5 Å². The second-order valence-electron chi connectivity index (χ2n) is 9.89. The molecular weight excluding hydrogens is 580 g/mol. The first-order valence-corrected chi connectivity index (χ1v) is 15.6. The normalized spacial score (nSPS) is 18.8. The summed E-state index contributed by atoms with van der Waals surface area (Å²) in [5.74, 6) is 0.793. The Morgan fingerprint density at radius 3 is 2.40 bits per heavy atom. The molecule has 2 aliphatic rings. The number of thioether (sulfide) groups is 1. The summed E-state index contributed by atoms with van der Waals surface area (Å²) in [4.78, 5) is 42.2. The summed E-state index contributed by atoms with van der Waals surface area (Å²) in [7, 11) is 0. The predicted molar refractivity (Wildman–Crippen MR) is 161 cm³/mol. The molecule has 4 N–H and O–H groups in total. The monoisotopic (exact) mass is 622 g/mol. The number of amides is 4. The third-order valence-electron chi connectivity index (χ3n) is 6.64. The van der Waals surface area contributed by atoms with Crippen LogP contribution in [0.25, 0.3) is 10.4 Å². The molecule has 3 heterocycles. The summed E-state index contributed by atoms with van der Waals surface area (Å²) in [6.07, 6.45) is 5.01. The number of carbonyl (C=O) groups is 3. The predicted octanol–water partition coefficient (Wildman–Crippen LogP) is 2.13. The highest BCUT2D eigenvalue weighted by Crippen LogP contribution is 2.33. The van der Waals surface area contributed by atoms with Crippen molar-refractivity contribution in [2.75, 3.05) is 70.5 Å². The van der Waals surface area contributed by atoms with Crippen molar-refractivity contribution in [3.63, 3.8) is 0 Å². The molecular formula is C27H42N8O7S. The van der Waals surface area contributed by atoms with E-state index in [1.54, 1.807) is 12.1 Å². The number of unbranched alkanes of at least 4 members (excludes halogenated alkanes) is 1. The third kappa shape index (κ3) is 14.3. The van der Waals surface area contributed by atoms with Crippen LogP contribution in [0.5, 0.6) is 0 Å². The minimum Gasteiger partial charge on any atom is -0.379 e. The molecule has 0 unspecified atom stereocenters. The van der Waals surface area contributed by atoms with Gasteiger partial charge in [-0.1, -0.05) is 11.5 Å². The number of aromatic nitrogens is 1. The van der Waals surface area contributed by atoms with Crippen molar-refractivity contribution >= 4 is 35.3 Å². The summed E-state index contributed by atoms with van der Waals surface area (Å²) in [5, 5.41) is 15.4. The first-order valence-electron chi connectivity index (χ1n) is 14.6. The lowest BCUT2D eigenvalue weighted by molar-refractivity contribution is -0.121. The Bertz CT molecular complexity index is 1040. The van der Waals surface area contributed by atoms with Crippen LogP contribution in [0.4, 0.5) is 10.5 Å². The minimum absolute atomic E-state index is 0.0288. The van der Waals surface area contributed by atoms with E-state index in [1.165, 1.54) is 6.20 Å². The maximum absolute atomic E-state index is 12.0. The summed E-state index contributed by atoms with van der Waals surface area (Å²) in [6.45, 7) is 3.82. The van der Waals surface area contributed by atoms with Crippen LogP contribution < -0.4 is 21.3 Å². The van der Waals surface area contributed by atoms with Crippen molar-refractivity contribution in [2.45, 2.75) is 56.0 Å². The van der Waals surface area contributed by atoms with Crippen LogP contribution in [0.2, 0.25) is 0 Å². The molecule has 15 nitrogen and oxygen atoms in total. The number of carbonyl (C=O) groups excluding carboxylic acids is 3. The quantitative estimate of drug-likeness (QED) is 0.0464. The van der Waals surface area contributed by atoms with Crippen LogP contribution >= 0.6 is 11.8 Å². The largest absolute Gasteiger partial charge is 0.379 e. The Morgan fingerprint density at radius 1 is 0.977 bits per heavy atom. The molecule has 0 saturated carbocycles. The van der Waals surface area contributed by atoms with Gasteiger partial charge >= 0.3 is 6.03 Å². The molecule has 1 aromatic heterocycles. The average molecular weight is 623 g/mol. The maximum Gasteiger partial charge on any atom is 0.315 e. The van der Waals surface area contributed by atoms with Crippen molar-refractivity contribution in [1.82, 2.24) is 20.9 Å². The number of nitrogens with one attached hydrogen (secondary N) is 4. The summed E-state index contributed by atoms with van der Waals surface area (Å²) < 4.78 is 21.8. The minimum atomic E-state index is -0.188. The molecule has 1 aromatic rings. The Hall–Kier alpha value is -3.14. The molecule has 3 atom stereocenters. The van der Waals surface area contributed by atoms with Crippen molar-refractivity contribution in [3.05, 3.63) is 34.5 Å². The number of nitrogens with zero attached hydrogens (tertiary/aromatic N) is 4. The van der Waals surface area contributed by atoms with E-state index in [0.29, 0.717) is 75.8 Å². The maximum atomic E-state index is 12.0. The highest BCUT2D eigenvalue weighted by atomic mass is 32.2. The lowest BCUT2D eigenvalue weighted by atomic mass is 10.0. The lowest BCUT2D eigenvalue weighted by Crippen LogP contribution is -2.36. The zero-order chi connectivity index (χ0) is 30.5. The molecule has 3 rings (SSSR count). The van der Waals surface area contributed by atoms with Crippen molar-refractivity contribution in [1.29, 1.82) is 0 Å². The van der Waals surface area contributed by atoms with E-state index in [0.717, 1.165) is 25.0 Å². The van der Waals surface area contributed by atoms with Gasteiger partial charge < -0.3 is 40.2 Å². The molecule has 2 saturated heterocycles. The fourth-order valence-electron chi connectivity index (χ4n) is 4.47. The zero-order valence-electron chi connectivity index (χ0n) is 24.3. The van der Waals surface area contributed by atoms with Gasteiger partial charge in [0.2, 0.25) is 11.8 Å². The lowest BCUT2D eigenvalue weighted by Gasteiger charge is -2.16. The van der Waals surface area contributed by atoms with E-state index in [-0.39, 0.29) is 49.5 Å². The molecule has 238 valence electrons. The van der Waals surface area contributed by atoms with Crippen LogP contribution in [-0.4, -0.2) is 105 Å². The molecule has 0 aromatic carbocycles. The number of fused-ring (bicyclic) bond motifs is 1. The second kappa shape index (κ2) is 20.7. The number of pyridine rings is 1. The standard InChI is InChI=1S/C27H42N8O7S/c28-35-31-18-20-5-6-21(17-30-20)32-25(37)7-9-39-11-13-41-15-16-42-14-12-40-10-8-29-24(36)4-2-1-3-23-26-22(19-43-23)33-27(38)34-26/h5-6,17,22-23,26H,1-4,7-16,18-19H2,(H,29,36)(H,32,37)(H2,33,34,38)/t22-,23-,26-/m1/s1. The van der Waals surface area contributed by atoms with Gasteiger partial charge in [-0.25, -0.2) is 4.79 Å². The van der Waals surface area contributed by atoms with Crippen LogP contribution in [0.1, 0.15) is 37.8 Å². The molecule has 0 spiro atoms. The second-order valence-corrected chi connectivity index (χ2v) is 11.2. The van der Waals surface area contributed by atoms with Gasteiger partial charge in [0.15, 0.2) is 0 Å². The third-order valence-corrected chi connectivity index (χ3v) is 8.15. The van der Waals surface area contributed by atoms with Gasteiger partial charge in [-0.3, -0.25) is 14.6 Å². The average Bonchev–Trinajstić information content (AvgIpc) is 3.56. The molecule has 0 radical (unpaired) electrons. The molecule has 43 heavy (non-hydrogen) atoms. The van der Waals surface area contributed by atoms with E-state index in [9.17, 15) is 14.4 Å². The number of azide groups is 1. The summed E-state index contributed by atoms with van der Waals surface area (Å²) in [6, 6.07) is 3.77. The summed E-state index contributed by atoms with van der Waals surface area (Å²) >= 11 is 1.89. The number of urea groups is 1. The molecule has 4 amide bonds. The number of ether oxygens (including phenoxy) is 4. The molecule has 0 aliphatic carbocycles. The number of hydrogen-bond donors (Lipinski definition) is 4. The van der Waals surface area contributed by atoms with Gasteiger partial charge in [-0.15, -0.1) is 0 Å². The fourth-order valence-corrected chi connectivity index (χ4v) is 6.01. The van der Waals surface area contributed by atoms with Crippen molar-refractivity contribution in [2.24, 2.45) is 5.11 Å². The van der Waals surface area contributed by atoms with Crippen LogP contribution in [0, 0.1) is 0 Å². The van der Waals surface area contributed by atoms with Gasteiger partial charge in [0.1, 0.15) is 0 Å². The number of hydrogen-bond acceptors (Lipinski definition) is 10. The smallest absolute Gasteiger partial charge is 0.315 e. The van der Waals surface area contributed by atoms with Crippen LogP contribution in [0.15, 0.2) is 23.4 Å². The van der Waals surface area contributed by atoms with Gasteiger partial charge in [-0.2, -0.15) is 11.8 Å². The van der Waals surface area contributed by atoms with Crippen molar-refractivity contribution < 1.29 is 33.3 Å². The van der Waals surface area contributed by atoms with Crippen LogP contribution in [0.3, 0.4) is 0 Å². The Labute approximate surface area is 255 Å². The van der Waals surface area contributed by atoms with E-state index in [2.05, 4.69) is 36.3 Å². The highest BCUT2D eigenvalue weighted by molar-refractivity contribution is 8.00. The molecule has 2 fully saturated rings. The molecule has 16 heteroatoms. The summed E-state index contributed by atoms with van der Waals surface area (Å²) in [5.41, 5.74) is 9.50. The molecule has 2 aliphatic heterocycles. The van der Waals surface area contributed by atoms with E-state index in [1.807, 2.05) is 11.8 Å². The van der Waals surface area contributed by atoms with Crippen LogP contribution in [-0.2, 0) is 35.1 Å². The van der Waals surface area contributed by atoms with E-state index >= 15 is 0 Å². The zero-order valence-corrected chi connectivity index (χ0v) is 25.1. The van der Waals surface area contributed by atoms with E-state index < -0.39 is 0 Å². The fraction of sp³-hybridized carbons (Fsp3) is 0.704. The van der Waals surface area contributed by atoms with Gasteiger partial charge in [0, 0.05) is 34.6 Å². The van der Waals surface area contributed by atoms with Crippen molar-refractivity contribution in [3.8, 4) is 0 Å².